The number of para-hydroxylation sites is 1. The number of carbonyl (C=O) groups excluding carboxylic acids is 1. The van der Waals surface area contributed by atoms with Gasteiger partial charge in [0, 0.05) is 43.4 Å². The minimum Gasteiger partial charge on any atom is -0.496 e. The Hall–Kier alpha value is -2.24. The molecule has 1 amide bonds. The number of ether oxygens (including phenoxy) is 1. The fourth-order valence-electron chi connectivity index (χ4n) is 4.81. The van der Waals surface area contributed by atoms with Gasteiger partial charge in [-0.1, -0.05) is 35.9 Å². The predicted molar refractivity (Wildman–Crippen MR) is 122 cm³/mol. The summed E-state index contributed by atoms with van der Waals surface area (Å²) in [5.41, 5.74) is 3.46. The molecule has 0 bridgehead atoms. The van der Waals surface area contributed by atoms with Crippen LogP contribution in [0.2, 0.25) is 5.02 Å². The minimum atomic E-state index is -0.114. The first-order valence-corrected chi connectivity index (χ1v) is 11.1. The van der Waals surface area contributed by atoms with Crippen molar-refractivity contribution in [2.75, 3.05) is 51.8 Å². The summed E-state index contributed by atoms with van der Waals surface area (Å²) >= 11 is 6.25. The summed E-state index contributed by atoms with van der Waals surface area (Å²) < 4.78 is 5.54. The first kappa shape index (κ1) is 21.0. The molecule has 1 unspecified atom stereocenters. The highest BCUT2D eigenvalue weighted by Gasteiger charge is 2.37. The number of benzene rings is 2. The van der Waals surface area contributed by atoms with Crippen LogP contribution in [0.4, 0.5) is 5.69 Å². The zero-order valence-corrected chi connectivity index (χ0v) is 18.5. The molecule has 0 aromatic heterocycles. The van der Waals surface area contributed by atoms with Crippen molar-refractivity contribution < 1.29 is 9.53 Å². The fraction of sp³-hybridized carbons (Fsp3) is 0.458. The second-order valence-corrected chi connectivity index (χ2v) is 8.58. The number of likely N-dealkylation sites (N-methyl/N-ethyl adjacent to an activating group) is 1. The van der Waals surface area contributed by atoms with Crippen molar-refractivity contribution in [3.8, 4) is 5.75 Å². The zero-order chi connectivity index (χ0) is 21.1. The molecular weight excluding hydrogens is 398 g/mol. The third-order valence-electron chi connectivity index (χ3n) is 6.43. The average molecular weight is 428 g/mol. The monoisotopic (exact) mass is 427 g/mol. The van der Waals surface area contributed by atoms with Gasteiger partial charge in [-0.25, -0.2) is 0 Å². The Balaban J connectivity index is 1.46. The van der Waals surface area contributed by atoms with Gasteiger partial charge in [0.15, 0.2) is 0 Å². The SMILES string of the molecule is CNCCN1CC(C(=O)N2CCC(c3ccccc3OC)CC2)c2ccc(Cl)cc21. The number of hydrogen-bond donors (Lipinski definition) is 1. The van der Waals surface area contributed by atoms with Crippen LogP contribution in [0.25, 0.3) is 0 Å². The largest absolute Gasteiger partial charge is 0.496 e. The summed E-state index contributed by atoms with van der Waals surface area (Å²) in [4.78, 5) is 17.8. The van der Waals surface area contributed by atoms with E-state index in [-0.39, 0.29) is 11.8 Å². The highest BCUT2D eigenvalue weighted by molar-refractivity contribution is 6.31. The lowest BCUT2D eigenvalue weighted by molar-refractivity contribution is -0.133. The van der Waals surface area contributed by atoms with Crippen LogP contribution >= 0.6 is 11.6 Å². The van der Waals surface area contributed by atoms with E-state index in [1.54, 1.807) is 7.11 Å². The molecule has 1 N–H and O–H groups in total. The molecule has 1 fully saturated rings. The Morgan fingerprint density at radius 3 is 2.67 bits per heavy atom. The molecular formula is C24H30ClN3O2. The molecule has 2 aliphatic rings. The Morgan fingerprint density at radius 2 is 1.93 bits per heavy atom. The van der Waals surface area contributed by atoms with Crippen molar-refractivity contribution in [2.24, 2.45) is 0 Å². The number of likely N-dealkylation sites (tertiary alicyclic amines) is 1. The Bertz CT molecular complexity index is 896. The van der Waals surface area contributed by atoms with Crippen molar-refractivity contribution in [3.63, 3.8) is 0 Å². The van der Waals surface area contributed by atoms with E-state index >= 15 is 0 Å². The maximum Gasteiger partial charge on any atom is 0.231 e. The molecule has 0 aliphatic carbocycles. The van der Waals surface area contributed by atoms with Crippen LogP contribution in [0.15, 0.2) is 42.5 Å². The van der Waals surface area contributed by atoms with Crippen LogP contribution < -0.4 is 15.0 Å². The maximum atomic E-state index is 13.5. The number of halogens is 1. The van der Waals surface area contributed by atoms with E-state index in [0.29, 0.717) is 10.9 Å². The number of fused-ring (bicyclic) bond motifs is 1. The van der Waals surface area contributed by atoms with Gasteiger partial charge in [0.05, 0.1) is 13.0 Å². The fourth-order valence-corrected chi connectivity index (χ4v) is 4.97. The number of carbonyl (C=O) groups is 1. The summed E-state index contributed by atoms with van der Waals surface area (Å²) in [6.07, 6.45) is 1.94. The summed E-state index contributed by atoms with van der Waals surface area (Å²) in [6, 6.07) is 14.2. The number of methoxy groups -OCH3 is 1. The molecule has 2 heterocycles. The van der Waals surface area contributed by atoms with Crippen LogP contribution in [-0.4, -0.2) is 57.7 Å². The molecule has 4 rings (SSSR count). The van der Waals surface area contributed by atoms with Gasteiger partial charge in [0.1, 0.15) is 5.75 Å². The van der Waals surface area contributed by atoms with Crippen LogP contribution in [0, 0.1) is 0 Å². The van der Waals surface area contributed by atoms with Crippen molar-refractivity contribution in [1.82, 2.24) is 10.2 Å². The second kappa shape index (κ2) is 9.27. The lowest BCUT2D eigenvalue weighted by atomic mass is 9.88. The van der Waals surface area contributed by atoms with Gasteiger partial charge in [0.2, 0.25) is 5.91 Å². The summed E-state index contributed by atoms with van der Waals surface area (Å²) in [5, 5.41) is 3.91. The molecule has 1 saturated heterocycles. The first-order chi connectivity index (χ1) is 14.6. The van der Waals surface area contributed by atoms with Gasteiger partial charge in [-0.15, -0.1) is 0 Å². The van der Waals surface area contributed by atoms with E-state index < -0.39 is 0 Å². The quantitative estimate of drug-likeness (QED) is 0.759. The molecule has 2 aromatic carbocycles. The van der Waals surface area contributed by atoms with E-state index in [0.717, 1.165) is 62.6 Å². The molecule has 2 aromatic rings. The Labute approximate surface area is 184 Å². The van der Waals surface area contributed by atoms with Gasteiger partial charge >= 0.3 is 0 Å². The topological polar surface area (TPSA) is 44.8 Å². The first-order valence-electron chi connectivity index (χ1n) is 10.7. The second-order valence-electron chi connectivity index (χ2n) is 8.15. The molecule has 5 nitrogen and oxygen atoms in total. The minimum absolute atomic E-state index is 0.114. The number of piperidine rings is 1. The summed E-state index contributed by atoms with van der Waals surface area (Å²) in [7, 11) is 3.67. The lowest BCUT2D eigenvalue weighted by Crippen LogP contribution is -2.42. The van der Waals surface area contributed by atoms with Gasteiger partial charge in [-0.2, -0.15) is 0 Å². The van der Waals surface area contributed by atoms with E-state index in [2.05, 4.69) is 27.2 Å². The number of nitrogens with one attached hydrogen (secondary N) is 1. The standard InChI is InChI=1S/C24H30ClN3O2/c1-26-11-14-28-16-21(20-8-7-18(25)15-22(20)28)24(29)27-12-9-17(10-13-27)19-5-3-4-6-23(19)30-2/h3-8,15,17,21,26H,9-14,16H2,1-2H3. The van der Waals surface area contributed by atoms with Crippen LogP contribution in [0.1, 0.15) is 35.8 Å². The number of rotatable bonds is 6. The zero-order valence-electron chi connectivity index (χ0n) is 17.7. The molecule has 0 saturated carbocycles. The third-order valence-corrected chi connectivity index (χ3v) is 6.66. The smallest absolute Gasteiger partial charge is 0.231 e. The number of anilines is 1. The van der Waals surface area contributed by atoms with E-state index in [9.17, 15) is 4.79 Å². The Morgan fingerprint density at radius 1 is 1.17 bits per heavy atom. The third kappa shape index (κ3) is 4.14. The molecule has 0 spiro atoms. The van der Waals surface area contributed by atoms with Crippen molar-refractivity contribution >= 4 is 23.2 Å². The molecule has 30 heavy (non-hydrogen) atoms. The van der Waals surface area contributed by atoms with Gasteiger partial charge in [0.25, 0.3) is 0 Å². The molecule has 2 aliphatic heterocycles. The van der Waals surface area contributed by atoms with E-state index in [1.165, 1.54) is 5.56 Å². The highest BCUT2D eigenvalue weighted by Crippen LogP contribution is 2.40. The predicted octanol–water partition coefficient (Wildman–Crippen LogP) is 3.88. The van der Waals surface area contributed by atoms with Crippen LogP contribution in [-0.2, 0) is 4.79 Å². The number of amides is 1. The molecule has 6 heteroatoms. The molecule has 0 radical (unpaired) electrons. The van der Waals surface area contributed by atoms with Gasteiger partial charge < -0.3 is 19.9 Å². The maximum absolute atomic E-state index is 13.5. The average Bonchev–Trinajstić information content (AvgIpc) is 3.14. The summed E-state index contributed by atoms with van der Waals surface area (Å²) in [5.74, 6) is 1.51. The van der Waals surface area contributed by atoms with Crippen molar-refractivity contribution in [3.05, 3.63) is 58.6 Å². The van der Waals surface area contributed by atoms with Gasteiger partial charge in [-0.3, -0.25) is 4.79 Å². The normalized spacial score (nSPS) is 19.1. The lowest BCUT2D eigenvalue weighted by Gasteiger charge is -2.34. The number of hydrogen-bond acceptors (Lipinski definition) is 4. The van der Waals surface area contributed by atoms with Crippen LogP contribution in [0.5, 0.6) is 5.75 Å². The van der Waals surface area contributed by atoms with Crippen LogP contribution in [0.3, 0.4) is 0 Å². The molecule has 160 valence electrons. The summed E-state index contributed by atoms with van der Waals surface area (Å²) in [6.45, 7) is 4.04. The number of nitrogens with zero attached hydrogens (tertiary/aromatic N) is 2. The van der Waals surface area contributed by atoms with E-state index in [4.69, 9.17) is 16.3 Å². The van der Waals surface area contributed by atoms with Gasteiger partial charge in [-0.05, 0) is 55.1 Å². The molecule has 1 atom stereocenters. The van der Waals surface area contributed by atoms with Crippen molar-refractivity contribution in [2.45, 2.75) is 24.7 Å². The highest BCUT2D eigenvalue weighted by atomic mass is 35.5. The van der Waals surface area contributed by atoms with E-state index in [1.807, 2.05) is 37.4 Å². The Kier molecular flexibility index (Phi) is 6.49. The van der Waals surface area contributed by atoms with Crippen molar-refractivity contribution in [1.29, 1.82) is 0 Å².